The summed E-state index contributed by atoms with van der Waals surface area (Å²) < 4.78 is 26.6. The zero-order valence-electron chi connectivity index (χ0n) is 14.9. The number of amides is 2. The second kappa shape index (κ2) is 8.43. The van der Waals surface area contributed by atoms with Gasteiger partial charge < -0.3 is 11.1 Å². The molecule has 0 saturated carbocycles. The second-order valence-corrected chi connectivity index (χ2v) is 6.35. The molecule has 0 heterocycles. The zero-order valence-corrected chi connectivity index (χ0v) is 14.9. The lowest BCUT2D eigenvalue weighted by Crippen LogP contribution is -2.45. The number of rotatable bonds is 6. The summed E-state index contributed by atoms with van der Waals surface area (Å²) in [7, 11) is 0. The maximum atomic E-state index is 13.3. The molecule has 0 aromatic heterocycles. The van der Waals surface area contributed by atoms with Crippen LogP contribution >= 0.6 is 0 Å². The van der Waals surface area contributed by atoms with Crippen LogP contribution in [0.5, 0.6) is 0 Å². The van der Waals surface area contributed by atoms with E-state index in [2.05, 4.69) is 5.32 Å². The van der Waals surface area contributed by atoms with E-state index in [4.69, 9.17) is 5.73 Å². The fourth-order valence-electron chi connectivity index (χ4n) is 2.85. The molecule has 3 N–H and O–H groups in total. The van der Waals surface area contributed by atoms with Gasteiger partial charge in [-0.2, -0.15) is 0 Å². The van der Waals surface area contributed by atoms with Crippen LogP contribution in [0.15, 0.2) is 72.8 Å². The first-order valence-electron chi connectivity index (χ1n) is 8.63. The molecule has 0 aliphatic rings. The molecule has 2 amide bonds. The van der Waals surface area contributed by atoms with Crippen LogP contribution < -0.4 is 11.1 Å². The van der Waals surface area contributed by atoms with Crippen molar-refractivity contribution in [2.75, 3.05) is 0 Å². The predicted octanol–water partition coefficient (Wildman–Crippen LogP) is 3.46. The lowest BCUT2D eigenvalue weighted by molar-refractivity contribution is -0.119. The van der Waals surface area contributed by atoms with Gasteiger partial charge >= 0.3 is 0 Å². The average molecular weight is 380 g/mol. The molecule has 0 radical (unpaired) electrons. The molecule has 4 nitrogen and oxygen atoms in total. The highest BCUT2D eigenvalue weighted by molar-refractivity contribution is 5.97. The Morgan fingerprint density at radius 1 is 0.857 bits per heavy atom. The molecule has 0 saturated heterocycles. The number of nitrogens with two attached hydrogens (primary N) is 1. The van der Waals surface area contributed by atoms with Crippen molar-refractivity contribution in [1.82, 2.24) is 5.32 Å². The first-order chi connectivity index (χ1) is 13.4. The van der Waals surface area contributed by atoms with Gasteiger partial charge in [0.25, 0.3) is 5.91 Å². The molecule has 6 heteroatoms. The minimum absolute atomic E-state index is 0.161. The van der Waals surface area contributed by atoms with Gasteiger partial charge in [-0.1, -0.05) is 54.6 Å². The second-order valence-electron chi connectivity index (χ2n) is 6.35. The fourth-order valence-corrected chi connectivity index (χ4v) is 2.85. The molecule has 3 aromatic rings. The maximum absolute atomic E-state index is 13.3. The van der Waals surface area contributed by atoms with Crippen molar-refractivity contribution >= 4 is 11.8 Å². The highest BCUT2D eigenvalue weighted by atomic mass is 19.1. The van der Waals surface area contributed by atoms with Gasteiger partial charge in [-0.3, -0.25) is 9.59 Å². The Morgan fingerprint density at radius 2 is 1.43 bits per heavy atom. The van der Waals surface area contributed by atoms with Crippen molar-refractivity contribution in [2.24, 2.45) is 5.73 Å². The van der Waals surface area contributed by atoms with Gasteiger partial charge in [0.05, 0.1) is 0 Å². The number of carbonyl (C=O) groups is 2. The summed E-state index contributed by atoms with van der Waals surface area (Å²) in [5, 5.41) is 2.44. The van der Waals surface area contributed by atoms with E-state index in [1.54, 1.807) is 0 Å². The van der Waals surface area contributed by atoms with Gasteiger partial charge in [0, 0.05) is 18.1 Å². The average Bonchev–Trinajstić information content (AvgIpc) is 2.68. The van der Waals surface area contributed by atoms with Gasteiger partial charge in [-0.25, -0.2) is 8.78 Å². The van der Waals surface area contributed by atoms with Gasteiger partial charge in [-0.15, -0.1) is 0 Å². The largest absolute Gasteiger partial charge is 0.368 e. The van der Waals surface area contributed by atoms with Gasteiger partial charge in [0.15, 0.2) is 0 Å². The standard InChI is InChI=1S/C22H18F2N2O2/c23-18-11-17(12-19(24)13-18)22(28)26-20(21(25)27)10-14-6-8-16(9-7-14)15-4-2-1-3-5-15/h1-9,11-13,20H,10H2,(H2,25,27)(H,26,28)/t20-/m1/s1. The monoisotopic (exact) mass is 380 g/mol. The van der Waals surface area contributed by atoms with Crippen LogP contribution in [0.4, 0.5) is 8.78 Å². The Morgan fingerprint density at radius 3 is 2.00 bits per heavy atom. The molecule has 3 aromatic carbocycles. The summed E-state index contributed by atoms with van der Waals surface area (Å²) in [6.07, 6.45) is 0.161. The molecular weight excluding hydrogens is 362 g/mol. The highest BCUT2D eigenvalue weighted by Crippen LogP contribution is 2.20. The topological polar surface area (TPSA) is 72.2 Å². The van der Waals surface area contributed by atoms with E-state index in [0.717, 1.165) is 28.8 Å². The SMILES string of the molecule is NC(=O)[C@@H](Cc1ccc(-c2ccccc2)cc1)NC(=O)c1cc(F)cc(F)c1. The van der Waals surface area contributed by atoms with E-state index in [1.807, 2.05) is 54.6 Å². The Labute approximate surface area is 161 Å². The molecule has 3 rings (SSSR count). The minimum atomic E-state index is -1.01. The van der Waals surface area contributed by atoms with Gasteiger partial charge in [0.1, 0.15) is 17.7 Å². The Balaban J connectivity index is 1.72. The van der Waals surface area contributed by atoms with E-state index < -0.39 is 29.5 Å². The first kappa shape index (κ1) is 19.2. The quantitative estimate of drug-likeness (QED) is 0.687. The van der Waals surface area contributed by atoms with E-state index in [-0.39, 0.29) is 12.0 Å². The van der Waals surface area contributed by atoms with Crippen molar-refractivity contribution in [3.05, 3.63) is 95.6 Å². The smallest absolute Gasteiger partial charge is 0.252 e. The van der Waals surface area contributed by atoms with Crippen LogP contribution in [0.1, 0.15) is 15.9 Å². The van der Waals surface area contributed by atoms with Crippen LogP contribution in [-0.4, -0.2) is 17.9 Å². The lowest BCUT2D eigenvalue weighted by Gasteiger charge is -2.16. The molecule has 0 spiro atoms. The number of nitrogens with one attached hydrogen (secondary N) is 1. The number of hydrogen-bond donors (Lipinski definition) is 2. The summed E-state index contributed by atoms with van der Waals surface area (Å²) in [6, 6.07) is 18.7. The third-order valence-electron chi connectivity index (χ3n) is 4.27. The van der Waals surface area contributed by atoms with Crippen molar-refractivity contribution in [3.63, 3.8) is 0 Å². The van der Waals surface area contributed by atoms with Crippen LogP contribution in [0.3, 0.4) is 0 Å². The third kappa shape index (κ3) is 4.79. The summed E-state index contributed by atoms with van der Waals surface area (Å²) in [4.78, 5) is 24.0. The summed E-state index contributed by atoms with van der Waals surface area (Å²) in [5.74, 6) is -3.27. The molecule has 142 valence electrons. The maximum Gasteiger partial charge on any atom is 0.252 e. The molecule has 0 aliphatic heterocycles. The van der Waals surface area contributed by atoms with Crippen LogP contribution in [0.25, 0.3) is 11.1 Å². The van der Waals surface area contributed by atoms with Crippen molar-refractivity contribution in [3.8, 4) is 11.1 Å². The van der Waals surface area contributed by atoms with Crippen LogP contribution in [0, 0.1) is 11.6 Å². The van der Waals surface area contributed by atoms with Crippen molar-refractivity contribution < 1.29 is 18.4 Å². The number of primary amides is 1. The molecule has 28 heavy (non-hydrogen) atoms. The summed E-state index contributed by atoms with van der Waals surface area (Å²) >= 11 is 0. The fraction of sp³-hybridized carbons (Fsp3) is 0.0909. The number of carbonyl (C=O) groups excluding carboxylic acids is 2. The Hall–Kier alpha value is -3.54. The van der Waals surface area contributed by atoms with Gasteiger partial charge in [-0.05, 0) is 28.8 Å². The third-order valence-corrected chi connectivity index (χ3v) is 4.27. The summed E-state index contributed by atoms with van der Waals surface area (Å²) in [6.45, 7) is 0. The van der Waals surface area contributed by atoms with E-state index in [0.29, 0.717) is 6.07 Å². The highest BCUT2D eigenvalue weighted by Gasteiger charge is 2.20. The molecule has 1 atom stereocenters. The summed E-state index contributed by atoms with van der Waals surface area (Å²) in [5.41, 5.74) is 8.03. The molecule has 0 fully saturated rings. The lowest BCUT2D eigenvalue weighted by atomic mass is 10.00. The molecule has 0 bridgehead atoms. The molecular formula is C22H18F2N2O2. The number of benzene rings is 3. The number of halogens is 2. The number of hydrogen-bond acceptors (Lipinski definition) is 2. The van der Waals surface area contributed by atoms with Crippen molar-refractivity contribution in [1.29, 1.82) is 0 Å². The van der Waals surface area contributed by atoms with E-state index >= 15 is 0 Å². The molecule has 0 aliphatic carbocycles. The van der Waals surface area contributed by atoms with Crippen LogP contribution in [0.2, 0.25) is 0 Å². The van der Waals surface area contributed by atoms with Crippen molar-refractivity contribution in [2.45, 2.75) is 12.5 Å². The Kier molecular flexibility index (Phi) is 5.79. The van der Waals surface area contributed by atoms with E-state index in [9.17, 15) is 18.4 Å². The minimum Gasteiger partial charge on any atom is -0.368 e. The van der Waals surface area contributed by atoms with Gasteiger partial charge in [0.2, 0.25) is 5.91 Å². The zero-order chi connectivity index (χ0) is 20.1. The Bertz CT molecular complexity index is 969. The normalized spacial score (nSPS) is 11.6. The predicted molar refractivity (Wildman–Crippen MR) is 102 cm³/mol. The van der Waals surface area contributed by atoms with Crippen LogP contribution in [-0.2, 0) is 11.2 Å². The first-order valence-corrected chi connectivity index (χ1v) is 8.63. The molecule has 0 unspecified atom stereocenters. The van der Waals surface area contributed by atoms with E-state index in [1.165, 1.54) is 0 Å².